The minimum atomic E-state index is -0.236. The molecule has 5 nitrogen and oxygen atoms in total. The largest absolute Gasteiger partial charge is 0.484 e. The molecule has 0 heterocycles. The lowest BCUT2D eigenvalue weighted by molar-refractivity contribution is -0.123. The zero-order chi connectivity index (χ0) is 18.2. The Balaban J connectivity index is 1.79. The van der Waals surface area contributed by atoms with Crippen LogP contribution in [-0.4, -0.2) is 31.5 Å². The molecule has 0 radical (unpaired) electrons. The molecule has 0 saturated carbocycles. The first kappa shape index (κ1) is 18.8. The number of nitrogens with zero attached hydrogens (tertiary/aromatic N) is 1. The van der Waals surface area contributed by atoms with E-state index in [0.29, 0.717) is 23.9 Å². The number of halogens is 1. The topological polar surface area (TPSA) is 58.6 Å². The van der Waals surface area contributed by atoms with Crippen molar-refractivity contribution >= 4 is 29.1 Å². The number of hydrogen-bond donors (Lipinski definition) is 1. The summed E-state index contributed by atoms with van der Waals surface area (Å²) in [5.41, 5.74) is 1.87. The third-order valence-corrected chi connectivity index (χ3v) is 3.82. The van der Waals surface area contributed by atoms with Crippen LogP contribution in [-0.2, 0) is 9.59 Å². The second kappa shape index (κ2) is 9.08. The number of aryl methyl sites for hydroxylation is 1. The van der Waals surface area contributed by atoms with Gasteiger partial charge in [-0.1, -0.05) is 29.3 Å². The van der Waals surface area contributed by atoms with Crippen LogP contribution in [0.2, 0.25) is 5.02 Å². The van der Waals surface area contributed by atoms with Gasteiger partial charge in [-0.3, -0.25) is 9.59 Å². The van der Waals surface area contributed by atoms with E-state index in [1.54, 1.807) is 29.2 Å². The summed E-state index contributed by atoms with van der Waals surface area (Å²) in [4.78, 5) is 25.2. The van der Waals surface area contributed by atoms with Crippen LogP contribution in [0.5, 0.6) is 5.75 Å². The van der Waals surface area contributed by atoms with Gasteiger partial charge >= 0.3 is 0 Å². The number of carbonyl (C=O) groups excluding carboxylic acids is 2. The van der Waals surface area contributed by atoms with Crippen LogP contribution >= 0.6 is 11.6 Å². The fourth-order valence-corrected chi connectivity index (χ4v) is 2.36. The number of anilines is 1. The van der Waals surface area contributed by atoms with E-state index in [4.69, 9.17) is 16.3 Å². The predicted molar refractivity (Wildman–Crippen MR) is 99.2 cm³/mol. The maximum absolute atomic E-state index is 11.9. The lowest BCUT2D eigenvalue weighted by Gasteiger charge is -2.21. The van der Waals surface area contributed by atoms with E-state index in [1.807, 2.05) is 31.2 Å². The van der Waals surface area contributed by atoms with Gasteiger partial charge in [0.05, 0.1) is 0 Å². The number of hydrogen-bond acceptors (Lipinski definition) is 3. The Morgan fingerprint density at radius 2 is 1.72 bits per heavy atom. The van der Waals surface area contributed by atoms with Gasteiger partial charge in [-0.25, -0.2) is 0 Å². The molecule has 0 atom stereocenters. The minimum Gasteiger partial charge on any atom is -0.484 e. The first-order valence-electron chi connectivity index (χ1n) is 7.95. The Kier molecular flexibility index (Phi) is 6.83. The first-order valence-corrected chi connectivity index (χ1v) is 8.33. The van der Waals surface area contributed by atoms with Gasteiger partial charge in [0.2, 0.25) is 5.91 Å². The maximum Gasteiger partial charge on any atom is 0.258 e. The molecular weight excluding hydrogens is 340 g/mol. The molecule has 2 aromatic rings. The Bertz CT molecular complexity index is 714. The van der Waals surface area contributed by atoms with E-state index in [0.717, 1.165) is 11.3 Å². The minimum absolute atomic E-state index is 0.0654. The average Bonchev–Trinajstić information content (AvgIpc) is 2.59. The lowest BCUT2D eigenvalue weighted by atomic mass is 10.2. The molecule has 0 unspecified atom stereocenters. The van der Waals surface area contributed by atoms with Crippen molar-refractivity contribution in [3.63, 3.8) is 0 Å². The van der Waals surface area contributed by atoms with Crippen molar-refractivity contribution in [1.82, 2.24) is 5.32 Å². The van der Waals surface area contributed by atoms with Crippen LogP contribution in [0.15, 0.2) is 48.5 Å². The van der Waals surface area contributed by atoms with Crippen LogP contribution in [0.1, 0.15) is 12.5 Å². The Hall–Kier alpha value is -2.53. The van der Waals surface area contributed by atoms with Crippen molar-refractivity contribution in [2.24, 2.45) is 0 Å². The van der Waals surface area contributed by atoms with Crippen LogP contribution in [0.25, 0.3) is 0 Å². The van der Waals surface area contributed by atoms with E-state index in [2.05, 4.69) is 5.32 Å². The number of amides is 2. The van der Waals surface area contributed by atoms with Crippen molar-refractivity contribution < 1.29 is 14.3 Å². The molecule has 132 valence electrons. The molecule has 0 aliphatic rings. The van der Waals surface area contributed by atoms with Crippen molar-refractivity contribution in [3.05, 3.63) is 59.1 Å². The molecule has 0 fully saturated rings. The Morgan fingerprint density at radius 3 is 2.32 bits per heavy atom. The molecule has 25 heavy (non-hydrogen) atoms. The first-order chi connectivity index (χ1) is 12.0. The van der Waals surface area contributed by atoms with Gasteiger partial charge < -0.3 is 15.0 Å². The summed E-state index contributed by atoms with van der Waals surface area (Å²) < 4.78 is 5.42. The van der Waals surface area contributed by atoms with Crippen LogP contribution in [0, 0.1) is 6.92 Å². The number of nitrogens with one attached hydrogen (secondary N) is 1. The smallest absolute Gasteiger partial charge is 0.258 e. The van der Waals surface area contributed by atoms with Crippen LogP contribution in [0.4, 0.5) is 5.69 Å². The van der Waals surface area contributed by atoms with Gasteiger partial charge in [0, 0.05) is 30.7 Å². The van der Waals surface area contributed by atoms with Crippen molar-refractivity contribution in [1.29, 1.82) is 0 Å². The quantitative estimate of drug-likeness (QED) is 0.824. The van der Waals surface area contributed by atoms with Gasteiger partial charge in [-0.2, -0.15) is 0 Å². The van der Waals surface area contributed by atoms with Crippen molar-refractivity contribution in [3.8, 4) is 5.75 Å². The summed E-state index contributed by atoms with van der Waals surface area (Å²) in [7, 11) is 0. The van der Waals surface area contributed by atoms with Gasteiger partial charge in [-0.05, 0) is 43.3 Å². The normalized spacial score (nSPS) is 10.2. The van der Waals surface area contributed by atoms with Gasteiger partial charge in [0.15, 0.2) is 6.61 Å². The molecular formula is C19H21ClN2O3. The molecule has 0 spiro atoms. The SMILES string of the molecule is CC(=O)N(CCNC(=O)COc1ccc(C)cc1)c1ccc(Cl)cc1. The van der Waals surface area contributed by atoms with Gasteiger partial charge in [0.1, 0.15) is 5.75 Å². The summed E-state index contributed by atoms with van der Waals surface area (Å²) in [5.74, 6) is 0.305. The molecule has 0 aliphatic heterocycles. The van der Waals surface area contributed by atoms with E-state index in [-0.39, 0.29) is 18.4 Å². The Labute approximate surface area is 152 Å². The van der Waals surface area contributed by atoms with Gasteiger partial charge in [-0.15, -0.1) is 0 Å². The highest BCUT2D eigenvalue weighted by molar-refractivity contribution is 6.30. The third kappa shape index (κ3) is 6.12. The number of rotatable bonds is 7. The van der Waals surface area contributed by atoms with Gasteiger partial charge in [0.25, 0.3) is 5.91 Å². The van der Waals surface area contributed by atoms with Crippen LogP contribution in [0.3, 0.4) is 0 Å². The Morgan fingerprint density at radius 1 is 1.08 bits per heavy atom. The summed E-state index contributed by atoms with van der Waals surface area (Å²) in [6.45, 7) is 4.10. The monoisotopic (exact) mass is 360 g/mol. The standard InChI is InChI=1S/C19H21ClN2O3/c1-14-3-9-18(10-4-14)25-13-19(24)21-11-12-22(15(2)23)17-7-5-16(20)6-8-17/h3-10H,11-13H2,1-2H3,(H,21,24). The lowest BCUT2D eigenvalue weighted by Crippen LogP contribution is -2.39. The molecule has 1 N–H and O–H groups in total. The van der Waals surface area contributed by atoms with E-state index >= 15 is 0 Å². The predicted octanol–water partition coefficient (Wildman–Crippen LogP) is 3.20. The maximum atomic E-state index is 11.9. The van der Waals surface area contributed by atoms with E-state index in [9.17, 15) is 9.59 Å². The highest BCUT2D eigenvalue weighted by Gasteiger charge is 2.12. The molecule has 2 amide bonds. The van der Waals surface area contributed by atoms with E-state index in [1.165, 1.54) is 6.92 Å². The number of carbonyl (C=O) groups is 2. The third-order valence-electron chi connectivity index (χ3n) is 3.57. The molecule has 0 aromatic heterocycles. The number of benzene rings is 2. The van der Waals surface area contributed by atoms with Crippen molar-refractivity contribution in [2.45, 2.75) is 13.8 Å². The van der Waals surface area contributed by atoms with E-state index < -0.39 is 0 Å². The molecule has 2 aromatic carbocycles. The summed E-state index contributed by atoms with van der Waals surface area (Å²) in [6.07, 6.45) is 0. The molecule has 6 heteroatoms. The van der Waals surface area contributed by atoms with Crippen molar-refractivity contribution in [2.75, 3.05) is 24.6 Å². The molecule has 0 aliphatic carbocycles. The molecule has 0 bridgehead atoms. The highest BCUT2D eigenvalue weighted by atomic mass is 35.5. The summed E-state index contributed by atoms with van der Waals surface area (Å²) >= 11 is 5.86. The fourth-order valence-electron chi connectivity index (χ4n) is 2.23. The zero-order valence-corrected chi connectivity index (χ0v) is 15.0. The average molecular weight is 361 g/mol. The summed E-state index contributed by atoms with van der Waals surface area (Å²) in [5, 5.41) is 3.35. The highest BCUT2D eigenvalue weighted by Crippen LogP contribution is 2.17. The molecule has 2 rings (SSSR count). The molecule has 0 saturated heterocycles. The second-order valence-corrected chi connectivity index (χ2v) is 6.04. The van der Waals surface area contributed by atoms with Crippen LogP contribution < -0.4 is 15.0 Å². The number of ether oxygens (including phenoxy) is 1. The summed E-state index contributed by atoms with van der Waals surface area (Å²) in [6, 6.07) is 14.5. The fraction of sp³-hybridized carbons (Fsp3) is 0.263. The zero-order valence-electron chi connectivity index (χ0n) is 14.3. The second-order valence-electron chi connectivity index (χ2n) is 5.60.